The lowest BCUT2D eigenvalue weighted by molar-refractivity contribution is -0.139. The molecule has 5 nitrogen and oxygen atoms in total. The van der Waals surface area contributed by atoms with Gasteiger partial charge in [-0.3, -0.25) is 4.79 Å². The number of fused-ring (bicyclic) bond motifs is 1. The number of hydrogen-bond acceptors (Lipinski definition) is 4. The second-order valence-corrected chi connectivity index (χ2v) is 6.76. The molecule has 0 bridgehead atoms. The van der Waals surface area contributed by atoms with Gasteiger partial charge in [0.2, 0.25) is 0 Å². The van der Waals surface area contributed by atoms with Gasteiger partial charge < -0.3 is 9.67 Å². The van der Waals surface area contributed by atoms with Gasteiger partial charge >= 0.3 is 5.97 Å². The molecule has 1 aromatic rings. The molecule has 0 aliphatic carbocycles. The Hall–Kier alpha value is -1.04. The third-order valence-corrected chi connectivity index (χ3v) is 5.42. The van der Waals surface area contributed by atoms with Crippen molar-refractivity contribution >= 4 is 17.7 Å². The lowest BCUT2D eigenvalue weighted by atomic mass is 9.99. The van der Waals surface area contributed by atoms with Crippen molar-refractivity contribution in [2.75, 3.05) is 5.75 Å². The number of aliphatic carboxylic acids is 1. The molecule has 2 aliphatic heterocycles. The fourth-order valence-corrected chi connectivity index (χ4v) is 4.29. The van der Waals surface area contributed by atoms with Gasteiger partial charge in [-0.05, 0) is 31.4 Å². The summed E-state index contributed by atoms with van der Waals surface area (Å²) in [6.45, 7) is 0.874. The Labute approximate surface area is 116 Å². The van der Waals surface area contributed by atoms with Crippen molar-refractivity contribution in [3.8, 4) is 0 Å². The average molecular weight is 281 g/mol. The van der Waals surface area contributed by atoms with Gasteiger partial charge in [0.1, 0.15) is 17.6 Å². The first-order chi connectivity index (χ1) is 9.25. The van der Waals surface area contributed by atoms with Crippen LogP contribution in [0.25, 0.3) is 0 Å². The van der Waals surface area contributed by atoms with Crippen molar-refractivity contribution in [1.29, 1.82) is 0 Å². The molecule has 6 heteroatoms. The van der Waals surface area contributed by atoms with E-state index in [2.05, 4.69) is 14.8 Å². The topological polar surface area (TPSA) is 68.0 Å². The molecule has 3 rings (SSSR count). The fraction of sp³-hybridized carbons (Fsp3) is 0.769. The summed E-state index contributed by atoms with van der Waals surface area (Å²) in [7, 11) is 0. The quantitative estimate of drug-likeness (QED) is 0.918. The van der Waals surface area contributed by atoms with Crippen molar-refractivity contribution in [2.45, 2.75) is 56.2 Å². The van der Waals surface area contributed by atoms with E-state index in [9.17, 15) is 9.90 Å². The zero-order valence-corrected chi connectivity index (χ0v) is 11.7. The van der Waals surface area contributed by atoms with E-state index in [4.69, 9.17) is 0 Å². The predicted molar refractivity (Wildman–Crippen MR) is 73.4 cm³/mol. The van der Waals surface area contributed by atoms with Crippen LogP contribution in [-0.2, 0) is 17.8 Å². The van der Waals surface area contributed by atoms with E-state index in [1.54, 1.807) is 0 Å². The van der Waals surface area contributed by atoms with Gasteiger partial charge in [-0.1, -0.05) is 6.42 Å². The summed E-state index contributed by atoms with van der Waals surface area (Å²) in [5.74, 6) is 1.65. The molecule has 1 saturated heterocycles. The highest BCUT2D eigenvalue weighted by Gasteiger charge is 2.31. The Kier molecular flexibility index (Phi) is 3.77. The number of carbonyl (C=O) groups is 1. The first kappa shape index (κ1) is 13.0. The summed E-state index contributed by atoms with van der Waals surface area (Å²) < 4.78 is 2.05. The second-order valence-electron chi connectivity index (χ2n) is 5.35. The minimum absolute atomic E-state index is 0.464. The molecule has 2 unspecified atom stereocenters. The summed E-state index contributed by atoms with van der Waals surface area (Å²) in [4.78, 5) is 11.2. The molecule has 0 spiro atoms. The molecular formula is C13H19N3O2S. The van der Waals surface area contributed by atoms with Crippen LogP contribution in [0.15, 0.2) is 0 Å². The van der Waals surface area contributed by atoms with E-state index < -0.39 is 11.9 Å². The average Bonchev–Trinajstić information content (AvgIpc) is 2.83. The van der Waals surface area contributed by atoms with Gasteiger partial charge in [-0.2, -0.15) is 11.8 Å². The number of hydrogen-bond donors (Lipinski definition) is 1. The summed E-state index contributed by atoms with van der Waals surface area (Å²) in [5.41, 5.74) is 0. The zero-order valence-electron chi connectivity index (χ0n) is 10.9. The maximum atomic E-state index is 11.2. The highest BCUT2D eigenvalue weighted by Crippen LogP contribution is 2.30. The molecule has 0 aromatic carbocycles. The Morgan fingerprint density at radius 3 is 2.95 bits per heavy atom. The van der Waals surface area contributed by atoms with Crippen molar-refractivity contribution in [3.63, 3.8) is 0 Å². The summed E-state index contributed by atoms with van der Waals surface area (Å²) in [6, 6.07) is 0. The summed E-state index contributed by atoms with van der Waals surface area (Å²) in [5, 5.41) is 18.3. The van der Waals surface area contributed by atoms with E-state index >= 15 is 0 Å². The molecule has 1 fully saturated rings. The Morgan fingerprint density at radius 2 is 2.21 bits per heavy atom. The first-order valence-corrected chi connectivity index (χ1v) is 8.07. The number of carboxylic acid groups (broad SMARTS) is 1. The highest BCUT2D eigenvalue weighted by molar-refractivity contribution is 7.99. The molecule has 0 radical (unpaired) electrons. The Bertz CT molecular complexity index is 468. The van der Waals surface area contributed by atoms with Crippen LogP contribution in [0.2, 0.25) is 0 Å². The predicted octanol–water partition coefficient (Wildman–Crippen LogP) is 2.07. The molecule has 2 aliphatic rings. The molecule has 104 valence electrons. The third kappa shape index (κ3) is 2.63. The fourth-order valence-electron chi connectivity index (χ4n) is 2.99. The first-order valence-electron chi connectivity index (χ1n) is 7.02. The van der Waals surface area contributed by atoms with Crippen LogP contribution >= 0.6 is 11.8 Å². The molecular weight excluding hydrogens is 262 g/mol. The second kappa shape index (κ2) is 5.53. The molecule has 1 N–H and O–H groups in total. The lowest BCUT2D eigenvalue weighted by Crippen LogP contribution is -2.24. The van der Waals surface area contributed by atoms with E-state index in [1.165, 1.54) is 25.0 Å². The maximum Gasteiger partial charge on any atom is 0.314 e. The molecule has 0 saturated carbocycles. The molecule has 19 heavy (non-hydrogen) atoms. The van der Waals surface area contributed by atoms with Crippen LogP contribution in [0.3, 0.4) is 0 Å². The lowest BCUT2D eigenvalue weighted by Gasteiger charge is -2.23. The van der Waals surface area contributed by atoms with Crippen LogP contribution in [0.4, 0.5) is 0 Å². The summed E-state index contributed by atoms with van der Waals surface area (Å²) >= 11 is 2.02. The van der Waals surface area contributed by atoms with Crippen LogP contribution < -0.4 is 0 Å². The number of thioether (sulfide) groups is 1. The van der Waals surface area contributed by atoms with E-state index in [0.717, 1.165) is 25.2 Å². The number of carboxylic acids is 1. The minimum Gasteiger partial charge on any atom is -0.481 e. The van der Waals surface area contributed by atoms with Gasteiger partial charge in [0.15, 0.2) is 0 Å². The van der Waals surface area contributed by atoms with Crippen molar-refractivity contribution in [1.82, 2.24) is 14.8 Å². The van der Waals surface area contributed by atoms with Gasteiger partial charge in [-0.25, -0.2) is 0 Å². The number of aromatic nitrogens is 3. The highest BCUT2D eigenvalue weighted by atomic mass is 32.2. The van der Waals surface area contributed by atoms with Crippen molar-refractivity contribution < 1.29 is 9.90 Å². The molecule has 3 heterocycles. The van der Waals surface area contributed by atoms with Gasteiger partial charge in [0.25, 0.3) is 0 Å². The van der Waals surface area contributed by atoms with Crippen LogP contribution in [0.1, 0.15) is 49.7 Å². The van der Waals surface area contributed by atoms with Crippen LogP contribution in [0, 0.1) is 0 Å². The summed E-state index contributed by atoms with van der Waals surface area (Å²) in [6.07, 6.45) is 6.40. The number of rotatable bonds is 3. The van der Waals surface area contributed by atoms with E-state index in [0.29, 0.717) is 17.5 Å². The Morgan fingerprint density at radius 1 is 1.32 bits per heavy atom. The standard InChI is InChI=1S/C13H19N3O2S/c17-13(18)10-5-3-6-16-11(14-15-12(10)16)8-9-4-1-2-7-19-9/h9-10H,1-8H2,(H,17,18). The SMILES string of the molecule is O=C(O)C1CCCn2c(CC3CCCCS3)nnc21. The Balaban J connectivity index is 1.78. The molecule has 0 amide bonds. The van der Waals surface area contributed by atoms with Crippen molar-refractivity contribution in [3.05, 3.63) is 11.6 Å². The van der Waals surface area contributed by atoms with Crippen molar-refractivity contribution in [2.24, 2.45) is 0 Å². The van der Waals surface area contributed by atoms with Gasteiger partial charge in [-0.15, -0.1) is 10.2 Å². The smallest absolute Gasteiger partial charge is 0.314 e. The molecule has 2 atom stereocenters. The zero-order chi connectivity index (χ0) is 13.2. The van der Waals surface area contributed by atoms with Crippen LogP contribution in [-0.4, -0.2) is 36.8 Å². The molecule has 1 aromatic heterocycles. The maximum absolute atomic E-state index is 11.2. The monoisotopic (exact) mass is 281 g/mol. The number of nitrogens with zero attached hydrogens (tertiary/aromatic N) is 3. The van der Waals surface area contributed by atoms with E-state index in [1.807, 2.05) is 11.8 Å². The van der Waals surface area contributed by atoms with Gasteiger partial charge in [0.05, 0.1) is 0 Å². The minimum atomic E-state index is -0.771. The van der Waals surface area contributed by atoms with Crippen LogP contribution in [0.5, 0.6) is 0 Å². The third-order valence-electron chi connectivity index (χ3n) is 4.02. The van der Waals surface area contributed by atoms with E-state index in [-0.39, 0.29) is 0 Å². The normalized spacial score (nSPS) is 26.9. The largest absolute Gasteiger partial charge is 0.481 e. The van der Waals surface area contributed by atoms with Gasteiger partial charge in [0, 0.05) is 18.2 Å².